The molecule has 0 bridgehead atoms. The van der Waals surface area contributed by atoms with Crippen molar-refractivity contribution in [2.45, 2.75) is 19.1 Å². The molecule has 2 aromatic carbocycles. The number of halogens is 2. The predicted molar refractivity (Wildman–Crippen MR) is 69.8 cm³/mol. The SMILES string of the molecule is CC(N)C(Oc1ccccc1F)c1ccc(F)cc1. The molecular formula is C15H15F2NO. The Kier molecular flexibility index (Phi) is 4.12. The Hall–Kier alpha value is -1.94. The first kappa shape index (κ1) is 13.5. The zero-order chi connectivity index (χ0) is 13.8. The van der Waals surface area contributed by atoms with Crippen LogP contribution in [0.25, 0.3) is 0 Å². The Bertz CT molecular complexity index is 540. The van der Waals surface area contributed by atoms with E-state index in [1.165, 1.54) is 24.3 Å². The second-order valence-corrected chi connectivity index (χ2v) is 4.38. The maximum absolute atomic E-state index is 13.6. The fraction of sp³-hybridized carbons (Fsp3) is 0.200. The van der Waals surface area contributed by atoms with E-state index in [0.29, 0.717) is 5.56 Å². The number of rotatable bonds is 4. The largest absolute Gasteiger partial charge is 0.481 e. The molecule has 2 unspecified atom stereocenters. The van der Waals surface area contributed by atoms with Crippen molar-refractivity contribution in [2.75, 3.05) is 0 Å². The lowest BCUT2D eigenvalue weighted by Gasteiger charge is -2.23. The van der Waals surface area contributed by atoms with Crippen LogP contribution in [0.4, 0.5) is 8.78 Å². The Balaban J connectivity index is 2.26. The van der Waals surface area contributed by atoms with Crippen molar-refractivity contribution in [1.82, 2.24) is 0 Å². The zero-order valence-electron chi connectivity index (χ0n) is 10.5. The molecule has 0 aliphatic rings. The van der Waals surface area contributed by atoms with Gasteiger partial charge in [0.05, 0.1) is 0 Å². The van der Waals surface area contributed by atoms with E-state index >= 15 is 0 Å². The summed E-state index contributed by atoms with van der Waals surface area (Å²) in [6.45, 7) is 1.76. The number of ether oxygens (including phenoxy) is 1. The van der Waals surface area contributed by atoms with Crippen LogP contribution >= 0.6 is 0 Å². The van der Waals surface area contributed by atoms with E-state index in [0.717, 1.165) is 0 Å². The fourth-order valence-corrected chi connectivity index (χ4v) is 1.81. The number of benzene rings is 2. The summed E-state index contributed by atoms with van der Waals surface area (Å²) in [5.74, 6) is -0.651. The third kappa shape index (κ3) is 3.29. The average molecular weight is 263 g/mol. The van der Waals surface area contributed by atoms with Crippen LogP contribution < -0.4 is 10.5 Å². The smallest absolute Gasteiger partial charge is 0.165 e. The molecule has 0 aromatic heterocycles. The molecule has 0 saturated heterocycles. The molecule has 0 heterocycles. The molecule has 0 amide bonds. The molecule has 0 aliphatic heterocycles. The van der Waals surface area contributed by atoms with Crippen LogP contribution in [0.3, 0.4) is 0 Å². The maximum atomic E-state index is 13.6. The van der Waals surface area contributed by atoms with E-state index in [4.69, 9.17) is 10.5 Å². The molecule has 100 valence electrons. The Morgan fingerprint density at radius 2 is 1.63 bits per heavy atom. The number of para-hydroxylation sites is 1. The summed E-state index contributed by atoms with van der Waals surface area (Å²) in [6, 6.07) is 11.6. The topological polar surface area (TPSA) is 35.2 Å². The highest BCUT2D eigenvalue weighted by Crippen LogP contribution is 2.26. The van der Waals surface area contributed by atoms with Gasteiger partial charge in [-0.25, -0.2) is 8.78 Å². The van der Waals surface area contributed by atoms with E-state index in [-0.39, 0.29) is 17.6 Å². The predicted octanol–water partition coefficient (Wildman–Crippen LogP) is 3.43. The van der Waals surface area contributed by atoms with Crippen LogP contribution in [0.1, 0.15) is 18.6 Å². The Morgan fingerprint density at radius 1 is 1.00 bits per heavy atom. The van der Waals surface area contributed by atoms with Gasteiger partial charge in [0.25, 0.3) is 0 Å². The third-order valence-corrected chi connectivity index (χ3v) is 2.77. The van der Waals surface area contributed by atoms with Gasteiger partial charge >= 0.3 is 0 Å². The Labute approximate surface area is 110 Å². The van der Waals surface area contributed by atoms with Crippen molar-refractivity contribution in [3.8, 4) is 5.75 Å². The summed E-state index contributed by atoms with van der Waals surface area (Å²) in [6.07, 6.45) is -0.530. The molecule has 0 fully saturated rings. The van der Waals surface area contributed by atoms with E-state index < -0.39 is 11.9 Å². The second kappa shape index (κ2) is 5.80. The number of hydrogen-bond donors (Lipinski definition) is 1. The molecule has 2 rings (SSSR count). The second-order valence-electron chi connectivity index (χ2n) is 4.38. The maximum Gasteiger partial charge on any atom is 0.165 e. The highest BCUT2D eigenvalue weighted by Gasteiger charge is 2.19. The molecule has 2 aromatic rings. The van der Waals surface area contributed by atoms with Crippen molar-refractivity contribution in [3.63, 3.8) is 0 Å². The van der Waals surface area contributed by atoms with Crippen LogP contribution in [-0.4, -0.2) is 6.04 Å². The van der Waals surface area contributed by atoms with Crippen LogP contribution in [0.15, 0.2) is 48.5 Å². The average Bonchev–Trinajstić information content (AvgIpc) is 2.39. The van der Waals surface area contributed by atoms with Crippen LogP contribution in [0.2, 0.25) is 0 Å². The minimum Gasteiger partial charge on any atom is -0.481 e. The lowest BCUT2D eigenvalue weighted by Crippen LogP contribution is -2.29. The van der Waals surface area contributed by atoms with Gasteiger partial charge in [-0.1, -0.05) is 24.3 Å². The molecular weight excluding hydrogens is 248 g/mol. The number of nitrogens with two attached hydrogens (primary N) is 1. The third-order valence-electron chi connectivity index (χ3n) is 2.77. The van der Waals surface area contributed by atoms with E-state index in [2.05, 4.69) is 0 Å². The molecule has 2 N–H and O–H groups in total. The van der Waals surface area contributed by atoms with Crippen molar-refractivity contribution >= 4 is 0 Å². The van der Waals surface area contributed by atoms with Gasteiger partial charge in [0, 0.05) is 6.04 Å². The molecule has 19 heavy (non-hydrogen) atoms. The molecule has 4 heteroatoms. The van der Waals surface area contributed by atoms with Gasteiger partial charge in [0.15, 0.2) is 11.6 Å². The summed E-state index contributed by atoms with van der Waals surface area (Å²) in [5.41, 5.74) is 6.57. The van der Waals surface area contributed by atoms with Crippen molar-refractivity contribution < 1.29 is 13.5 Å². The first-order valence-corrected chi connectivity index (χ1v) is 6.00. The highest BCUT2D eigenvalue weighted by molar-refractivity contribution is 5.27. The van der Waals surface area contributed by atoms with Crippen LogP contribution in [0, 0.1) is 11.6 Å². The van der Waals surface area contributed by atoms with E-state index in [1.54, 1.807) is 31.2 Å². The summed E-state index contributed by atoms with van der Waals surface area (Å²) >= 11 is 0. The summed E-state index contributed by atoms with van der Waals surface area (Å²) in [7, 11) is 0. The van der Waals surface area contributed by atoms with Gasteiger partial charge in [-0.15, -0.1) is 0 Å². The van der Waals surface area contributed by atoms with Gasteiger partial charge in [-0.05, 0) is 36.8 Å². The molecule has 0 radical (unpaired) electrons. The first-order chi connectivity index (χ1) is 9.08. The molecule has 0 saturated carbocycles. The summed E-state index contributed by atoms with van der Waals surface area (Å²) in [5, 5.41) is 0. The molecule has 2 nitrogen and oxygen atoms in total. The van der Waals surface area contributed by atoms with Gasteiger partial charge in [0.2, 0.25) is 0 Å². The van der Waals surface area contributed by atoms with E-state index in [9.17, 15) is 8.78 Å². The molecule has 0 spiro atoms. The normalized spacial score (nSPS) is 13.9. The van der Waals surface area contributed by atoms with Gasteiger partial charge in [0.1, 0.15) is 11.9 Å². The first-order valence-electron chi connectivity index (χ1n) is 6.00. The van der Waals surface area contributed by atoms with Gasteiger partial charge in [-0.2, -0.15) is 0 Å². The van der Waals surface area contributed by atoms with Gasteiger partial charge < -0.3 is 10.5 Å². The van der Waals surface area contributed by atoms with Crippen molar-refractivity contribution in [2.24, 2.45) is 5.73 Å². The summed E-state index contributed by atoms with van der Waals surface area (Å²) in [4.78, 5) is 0. The van der Waals surface area contributed by atoms with E-state index in [1.807, 2.05) is 0 Å². The summed E-state index contributed by atoms with van der Waals surface area (Å²) < 4.78 is 32.1. The quantitative estimate of drug-likeness (QED) is 0.917. The van der Waals surface area contributed by atoms with Gasteiger partial charge in [-0.3, -0.25) is 0 Å². The van der Waals surface area contributed by atoms with Crippen molar-refractivity contribution in [1.29, 1.82) is 0 Å². The minimum atomic E-state index is -0.530. The zero-order valence-corrected chi connectivity index (χ0v) is 10.5. The standard InChI is InChI=1S/C15H15F2NO/c1-10(18)15(11-6-8-12(16)9-7-11)19-14-5-3-2-4-13(14)17/h2-10,15H,18H2,1H3. The fourth-order valence-electron chi connectivity index (χ4n) is 1.81. The number of hydrogen-bond acceptors (Lipinski definition) is 2. The highest BCUT2D eigenvalue weighted by atomic mass is 19.1. The van der Waals surface area contributed by atoms with Crippen LogP contribution in [0.5, 0.6) is 5.75 Å². The van der Waals surface area contributed by atoms with Crippen LogP contribution in [-0.2, 0) is 0 Å². The van der Waals surface area contributed by atoms with Crippen molar-refractivity contribution in [3.05, 3.63) is 65.7 Å². The lowest BCUT2D eigenvalue weighted by atomic mass is 10.0. The molecule has 2 atom stereocenters. The Morgan fingerprint density at radius 3 is 2.21 bits per heavy atom. The molecule has 0 aliphatic carbocycles. The minimum absolute atomic E-state index is 0.133. The lowest BCUT2D eigenvalue weighted by molar-refractivity contribution is 0.172. The monoisotopic (exact) mass is 263 g/mol.